The first-order valence-corrected chi connectivity index (χ1v) is 9.54. The summed E-state index contributed by atoms with van der Waals surface area (Å²) in [6.07, 6.45) is 0. The number of furan rings is 1. The molecule has 0 saturated heterocycles. The lowest BCUT2D eigenvalue weighted by Gasteiger charge is -2.23. The van der Waals surface area contributed by atoms with E-state index in [0.717, 1.165) is 5.76 Å². The minimum absolute atomic E-state index is 0.0713. The fraction of sp³-hybridized carbons (Fsp3) is 0.375. The van der Waals surface area contributed by atoms with Crippen LogP contribution in [0, 0.1) is 6.92 Å². The van der Waals surface area contributed by atoms with E-state index in [1.807, 2.05) is 32.0 Å². The number of nitrogens with zero attached hydrogens (tertiary/aromatic N) is 2. The summed E-state index contributed by atoms with van der Waals surface area (Å²) < 4.78 is 32.9. The third kappa shape index (κ3) is 4.97. The Labute approximate surface area is 152 Å². The van der Waals surface area contributed by atoms with Crippen LogP contribution < -0.4 is 0 Å². The molecule has 24 heavy (non-hydrogen) atoms. The summed E-state index contributed by atoms with van der Waals surface area (Å²) in [6, 6.07) is 7.89. The van der Waals surface area contributed by atoms with E-state index >= 15 is 0 Å². The minimum Gasteiger partial charge on any atom is -0.465 e. The Hall–Kier alpha value is -1.05. The largest absolute Gasteiger partial charge is 0.465 e. The van der Waals surface area contributed by atoms with Gasteiger partial charge in [0.05, 0.1) is 11.4 Å². The Morgan fingerprint density at radius 2 is 1.67 bits per heavy atom. The second kappa shape index (κ2) is 7.89. The molecule has 0 atom stereocenters. The lowest BCUT2D eigenvalue weighted by Crippen LogP contribution is -2.36. The highest BCUT2D eigenvalue weighted by atomic mass is 35.5. The van der Waals surface area contributed by atoms with Gasteiger partial charge in [0.25, 0.3) is 0 Å². The molecule has 0 radical (unpaired) electrons. The third-order valence-electron chi connectivity index (χ3n) is 3.40. The quantitative estimate of drug-likeness (QED) is 0.723. The van der Waals surface area contributed by atoms with Gasteiger partial charge in [-0.3, -0.25) is 0 Å². The van der Waals surface area contributed by atoms with Gasteiger partial charge in [-0.25, -0.2) is 8.42 Å². The van der Waals surface area contributed by atoms with Gasteiger partial charge < -0.3 is 9.32 Å². The SMILES string of the molecule is Cc1ccc(CN(CCN(C)C)S(=O)(=O)c2cc(Cl)cc(Cl)c2)o1. The molecule has 0 aliphatic heterocycles. The summed E-state index contributed by atoms with van der Waals surface area (Å²) in [5, 5.41) is 0.560. The summed E-state index contributed by atoms with van der Waals surface area (Å²) in [5.41, 5.74) is 0. The van der Waals surface area contributed by atoms with Gasteiger partial charge in [0.1, 0.15) is 11.5 Å². The van der Waals surface area contributed by atoms with Crippen molar-refractivity contribution in [2.45, 2.75) is 18.4 Å². The van der Waals surface area contributed by atoms with Crippen LogP contribution in [0.4, 0.5) is 0 Å². The highest BCUT2D eigenvalue weighted by Crippen LogP contribution is 2.26. The van der Waals surface area contributed by atoms with E-state index in [4.69, 9.17) is 27.6 Å². The predicted octanol–water partition coefficient (Wildman–Crippen LogP) is 3.65. The fourth-order valence-corrected chi connectivity index (χ4v) is 4.29. The first-order valence-electron chi connectivity index (χ1n) is 7.35. The molecule has 0 amide bonds. The molecule has 0 fully saturated rings. The average Bonchev–Trinajstić information content (AvgIpc) is 2.87. The van der Waals surface area contributed by atoms with Crippen LogP contribution in [0.5, 0.6) is 0 Å². The second-order valence-corrected chi connectivity index (χ2v) is 8.57. The van der Waals surface area contributed by atoms with Crippen LogP contribution in [0.15, 0.2) is 39.6 Å². The van der Waals surface area contributed by atoms with Crippen LogP contribution in [0.2, 0.25) is 10.0 Å². The van der Waals surface area contributed by atoms with Crippen molar-refractivity contribution < 1.29 is 12.8 Å². The standard InChI is InChI=1S/C16H20Cl2N2O3S/c1-12-4-5-15(23-12)11-20(7-6-19(2)3)24(21,22)16-9-13(17)8-14(18)10-16/h4-5,8-10H,6-7,11H2,1-3H3. The normalized spacial score (nSPS) is 12.3. The Balaban J connectivity index is 2.35. The van der Waals surface area contributed by atoms with Crippen molar-refractivity contribution in [3.8, 4) is 0 Å². The topological polar surface area (TPSA) is 53.8 Å². The van der Waals surface area contributed by atoms with Crippen molar-refractivity contribution in [2.24, 2.45) is 0 Å². The zero-order valence-electron chi connectivity index (χ0n) is 13.8. The van der Waals surface area contributed by atoms with Gasteiger partial charge in [0, 0.05) is 23.1 Å². The number of hydrogen-bond acceptors (Lipinski definition) is 4. The Bertz CT molecular complexity index is 783. The summed E-state index contributed by atoms with van der Waals surface area (Å²) >= 11 is 11.9. The van der Waals surface area contributed by atoms with Crippen molar-refractivity contribution in [3.05, 3.63) is 51.9 Å². The maximum absolute atomic E-state index is 13.0. The summed E-state index contributed by atoms with van der Waals surface area (Å²) in [5.74, 6) is 1.32. The van der Waals surface area contributed by atoms with Crippen molar-refractivity contribution >= 4 is 33.2 Å². The molecule has 0 spiro atoms. The van der Waals surface area contributed by atoms with E-state index in [9.17, 15) is 8.42 Å². The molecule has 8 heteroatoms. The molecule has 2 rings (SSSR count). The number of likely N-dealkylation sites (N-methyl/N-ethyl adjacent to an activating group) is 1. The minimum atomic E-state index is -3.75. The third-order valence-corrected chi connectivity index (χ3v) is 5.66. The molecule has 1 aromatic heterocycles. The lowest BCUT2D eigenvalue weighted by molar-refractivity contribution is 0.310. The molecule has 0 aliphatic rings. The second-order valence-electron chi connectivity index (χ2n) is 5.76. The van der Waals surface area contributed by atoms with Gasteiger partial charge in [-0.2, -0.15) is 4.31 Å². The van der Waals surface area contributed by atoms with E-state index in [1.54, 1.807) is 6.07 Å². The monoisotopic (exact) mass is 390 g/mol. The Morgan fingerprint density at radius 1 is 1.04 bits per heavy atom. The van der Waals surface area contributed by atoms with Crippen molar-refractivity contribution in [1.82, 2.24) is 9.21 Å². The number of hydrogen-bond donors (Lipinski definition) is 0. The molecular weight excluding hydrogens is 371 g/mol. The lowest BCUT2D eigenvalue weighted by atomic mass is 10.4. The van der Waals surface area contributed by atoms with Gasteiger partial charge in [0.15, 0.2) is 0 Å². The molecule has 0 unspecified atom stereocenters. The highest BCUT2D eigenvalue weighted by Gasteiger charge is 2.26. The van der Waals surface area contributed by atoms with E-state index in [-0.39, 0.29) is 21.5 Å². The first kappa shape index (κ1) is 19.3. The molecular formula is C16H20Cl2N2O3S. The molecule has 132 valence electrons. The predicted molar refractivity (Wildman–Crippen MR) is 96.1 cm³/mol. The van der Waals surface area contributed by atoms with Crippen molar-refractivity contribution in [1.29, 1.82) is 0 Å². The van der Waals surface area contributed by atoms with Crippen LogP contribution >= 0.6 is 23.2 Å². The first-order chi connectivity index (χ1) is 11.2. The van der Waals surface area contributed by atoms with Crippen LogP contribution in [-0.2, 0) is 16.6 Å². The van der Waals surface area contributed by atoms with Gasteiger partial charge >= 0.3 is 0 Å². The molecule has 0 bridgehead atoms. The molecule has 2 aromatic rings. The van der Waals surface area contributed by atoms with E-state index in [2.05, 4.69) is 0 Å². The van der Waals surface area contributed by atoms with Crippen molar-refractivity contribution in [3.63, 3.8) is 0 Å². The van der Waals surface area contributed by atoms with E-state index < -0.39 is 10.0 Å². The summed E-state index contributed by atoms with van der Waals surface area (Å²) in [4.78, 5) is 1.99. The molecule has 0 aliphatic carbocycles. The number of rotatable bonds is 7. The Kier molecular flexibility index (Phi) is 6.33. The smallest absolute Gasteiger partial charge is 0.243 e. The van der Waals surface area contributed by atoms with Gasteiger partial charge in [-0.15, -0.1) is 0 Å². The van der Waals surface area contributed by atoms with Gasteiger partial charge in [-0.1, -0.05) is 23.2 Å². The van der Waals surface area contributed by atoms with Crippen molar-refractivity contribution in [2.75, 3.05) is 27.2 Å². The van der Waals surface area contributed by atoms with Crippen LogP contribution in [0.3, 0.4) is 0 Å². The summed E-state index contributed by atoms with van der Waals surface area (Å²) in [6.45, 7) is 2.86. The molecule has 1 heterocycles. The zero-order chi connectivity index (χ0) is 17.9. The van der Waals surface area contributed by atoms with E-state index in [1.165, 1.54) is 22.5 Å². The van der Waals surface area contributed by atoms with Crippen LogP contribution in [0.1, 0.15) is 11.5 Å². The zero-order valence-corrected chi connectivity index (χ0v) is 16.1. The number of halogens is 2. The van der Waals surface area contributed by atoms with Crippen LogP contribution in [0.25, 0.3) is 0 Å². The van der Waals surface area contributed by atoms with Gasteiger partial charge in [-0.05, 0) is 51.4 Å². The summed E-state index contributed by atoms with van der Waals surface area (Å²) in [7, 11) is 0.0211. The molecule has 5 nitrogen and oxygen atoms in total. The molecule has 0 N–H and O–H groups in total. The maximum atomic E-state index is 13.0. The fourth-order valence-electron chi connectivity index (χ4n) is 2.17. The van der Waals surface area contributed by atoms with Gasteiger partial charge in [0.2, 0.25) is 10.0 Å². The maximum Gasteiger partial charge on any atom is 0.243 e. The van der Waals surface area contributed by atoms with Crippen LogP contribution in [-0.4, -0.2) is 44.8 Å². The Morgan fingerprint density at radius 3 is 2.17 bits per heavy atom. The van der Waals surface area contributed by atoms with E-state index in [0.29, 0.717) is 18.8 Å². The molecule has 1 aromatic carbocycles. The number of benzene rings is 1. The molecule has 0 saturated carbocycles. The highest BCUT2D eigenvalue weighted by molar-refractivity contribution is 7.89. The number of sulfonamides is 1. The average molecular weight is 391 g/mol. The number of aryl methyl sites for hydroxylation is 1.